The number of rotatable bonds is 4. The van der Waals surface area contributed by atoms with Gasteiger partial charge in [-0.2, -0.15) is 5.10 Å². The second kappa shape index (κ2) is 7.17. The first-order valence-corrected chi connectivity index (χ1v) is 7.15. The van der Waals surface area contributed by atoms with Crippen LogP contribution in [0.5, 0.6) is 0 Å². The first-order chi connectivity index (χ1) is 10.5. The van der Waals surface area contributed by atoms with E-state index < -0.39 is 0 Å². The molecule has 0 aromatic carbocycles. The van der Waals surface area contributed by atoms with E-state index in [0.29, 0.717) is 39.3 Å². The molecule has 1 aliphatic rings. The van der Waals surface area contributed by atoms with Crippen molar-refractivity contribution in [3.05, 3.63) is 28.2 Å². The minimum atomic E-state index is -0.269. The van der Waals surface area contributed by atoms with Gasteiger partial charge in [-0.25, -0.2) is 4.68 Å². The number of nitrogens with zero attached hydrogens (tertiary/aromatic N) is 4. The summed E-state index contributed by atoms with van der Waals surface area (Å²) in [6, 6.07) is 2.77. The molecule has 1 fully saturated rings. The van der Waals surface area contributed by atoms with Crippen LogP contribution < -0.4 is 5.56 Å². The molecule has 1 saturated heterocycles. The molecule has 0 aliphatic carbocycles. The van der Waals surface area contributed by atoms with E-state index in [-0.39, 0.29) is 23.1 Å². The number of ether oxygens (including phenoxy) is 1. The van der Waals surface area contributed by atoms with Gasteiger partial charge in [-0.3, -0.25) is 14.4 Å². The van der Waals surface area contributed by atoms with Crippen LogP contribution >= 0.6 is 0 Å². The molecule has 2 amide bonds. The Balaban J connectivity index is 2.07. The number of hydrogen-bond donors (Lipinski definition) is 0. The van der Waals surface area contributed by atoms with Gasteiger partial charge >= 0.3 is 0 Å². The predicted octanol–water partition coefficient (Wildman–Crippen LogP) is -0.806. The number of hydrogen-bond acceptors (Lipinski definition) is 5. The molecule has 1 aromatic heterocycles. The maximum atomic E-state index is 12.4. The molecule has 0 spiro atoms. The van der Waals surface area contributed by atoms with Gasteiger partial charge in [0, 0.05) is 46.3 Å². The topological polar surface area (TPSA) is 84.7 Å². The van der Waals surface area contributed by atoms with E-state index in [1.807, 2.05) is 0 Å². The molecule has 0 saturated carbocycles. The van der Waals surface area contributed by atoms with Gasteiger partial charge in [0.25, 0.3) is 11.5 Å². The van der Waals surface area contributed by atoms with Crippen molar-refractivity contribution in [1.29, 1.82) is 0 Å². The zero-order chi connectivity index (χ0) is 16.1. The quantitative estimate of drug-likeness (QED) is 0.726. The molecule has 2 heterocycles. The van der Waals surface area contributed by atoms with Gasteiger partial charge in [-0.15, -0.1) is 0 Å². The number of carbonyl (C=O) groups is 2. The minimum absolute atomic E-state index is 0.0124. The number of methoxy groups -OCH3 is 1. The van der Waals surface area contributed by atoms with E-state index in [4.69, 9.17) is 4.74 Å². The lowest BCUT2D eigenvalue weighted by Gasteiger charge is -2.34. The number of aromatic nitrogens is 2. The van der Waals surface area contributed by atoms with Gasteiger partial charge < -0.3 is 14.5 Å². The molecule has 0 atom stereocenters. The standard InChI is InChI=1S/C14H20N4O4/c1-11(19)16-5-7-17(8-6-16)14(21)12-3-4-13(20)18(15-12)9-10-22-2/h3-4H,5-10H2,1-2H3. The monoisotopic (exact) mass is 308 g/mol. The predicted molar refractivity (Wildman–Crippen MR) is 78.5 cm³/mol. The third kappa shape index (κ3) is 3.70. The Morgan fingerprint density at radius 3 is 2.41 bits per heavy atom. The number of amides is 2. The average molecular weight is 308 g/mol. The summed E-state index contributed by atoms with van der Waals surface area (Å²) < 4.78 is 6.14. The highest BCUT2D eigenvalue weighted by atomic mass is 16.5. The molecular formula is C14H20N4O4. The molecule has 8 nitrogen and oxygen atoms in total. The van der Waals surface area contributed by atoms with Gasteiger partial charge in [0.1, 0.15) is 5.69 Å². The zero-order valence-electron chi connectivity index (χ0n) is 12.8. The van der Waals surface area contributed by atoms with Crippen molar-refractivity contribution in [2.75, 3.05) is 39.9 Å². The van der Waals surface area contributed by atoms with Crippen LogP contribution in [0.2, 0.25) is 0 Å². The smallest absolute Gasteiger partial charge is 0.274 e. The van der Waals surface area contributed by atoms with Crippen molar-refractivity contribution in [3.8, 4) is 0 Å². The molecular weight excluding hydrogens is 288 g/mol. The Hall–Kier alpha value is -2.22. The second-order valence-corrected chi connectivity index (χ2v) is 5.07. The Labute approximate surface area is 128 Å². The summed E-state index contributed by atoms with van der Waals surface area (Å²) in [5, 5.41) is 4.09. The van der Waals surface area contributed by atoms with Crippen LogP contribution in [0.3, 0.4) is 0 Å². The Morgan fingerprint density at radius 2 is 1.82 bits per heavy atom. The zero-order valence-corrected chi connectivity index (χ0v) is 12.8. The van der Waals surface area contributed by atoms with Gasteiger partial charge in [-0.05, 0) is 6.07 Å². The molecule has 0 unspecified atom stereocenters. The number of carbonyl (C=O) groups excluding carboxylic acids is 2. The van der Waals surface area contributed by atoms with Gasteiger partial charge in [-0.1, -0.05) is 0 Å². The Morgan fingerprint density at radius 1 is 1.18 bits per heavy atom. The molecule has 120 valence electrons. The fourth-order valence-electron chi connectivity index (χ4n) is 2.29. The highest BCUT2D eigenvalue weighted by molar-refractivity contribution is 5.92. The largest absolute Gasteiger partial charge is 0.383 e. The molecule has 2 rings (SSSR count). The first-order valence-electron chi connectivity index (χ1n) is 7.15. The van der Waals surface area contributed by atoms with Crippen molar-refractivity contribution < 1.29 is 14.3 Å². The van der Waals surface area contributed by atoms with Crippen molar-refractivity contribution in [1.82, 2.24) is 19.6 Å². The highest BCUT2D eigenvalue weighted by Gasteiger charge is 2.24. The van der Waals surface area contributed by atoms with Crippen LogP contribution in [0.25, 0.3) is 0 Å². The van der Waals surface area contributed by atoms with E-state index in [9.17, 15) is 14.4 Å². The van der Waals surface area contributed by atoms with Crippen molar-refractivity contribution in [2.45, 2.75) is 13.5 Å². The van der Waals surface area contributed by atoms with Crippen LogP contribution in [-0.4, -0.2) is 71.3 Å². The summed E-state index contributed by atoms with van der Waals surface area (Å²) in [6.07, 6.45) is 0. The van der Waals surface area contributed by atoms with Crippen molar-refractivity contribution >= 4 is 11.8 Å². The molecule has 22 heavy (non-hydrogen) atoms. The lowest BCUT2D eigenvalue weighted by atomic mass is 10.2. The van der Waals surface area contributed by atoms with E-state index in [1.54, 1.807) is 9.80 Å². The Kier molecular flexibility index (Phi) is 5.26. The number of piperazine rings is 1. The highest BCUT2D eigenvalue weighted by Crippen LogP contribution is 2.06. The van der Waals surface area contributed by atoms with Crippen LogP contribution in [0.4, 0.5) is 0 Å². The molecule has 0 N–H and O–H groups in total. The van der Waals surface area contributed by atoms with E-state index in [1.165, 1.54) is 30.8 Å². The fourth-order valence-corrected chi connectivity index (χ4v) is 2.29. The van der Waals surface area contributed by atoms with Gasteiger partial charge in [0.05, 0.1) is 13.2 Å². The van der Waals surface area contributed by atoms with Crippen molar-refractivity contribution in [3.63, 3.8) is 0 Å². The first kappa shape index (κ1) is 16.2. The van der Waals surface area contributed by atoms with Gasteiger partial charge in [0.15, 0.2) is 0 Å². The van der Waals surface area contributed by atoms with Crippen LogP contribution in [0.15, 0.2) is 16.9 Å². The summed E-state index contributed by atoms with van der Waals surface area (Å²) in [5.41, 5.74) is -0.0398. The summed E-state index contributed by atoms with van der Waals surface area (Å²) >= 11 is 0. The second-order valence-electron chi connectivity index (χ2n) is 5.07. The molecule has 0 bridgehead atoms. The van der Waals surface area contributed by atoms with E-state index in [2.05, 4.69) is 5.10 Å². The maximum Gasteiger partial charge on any atom is 0.274 e. The Bertz CT molecular complexity index is 605. The van der Waals surface area contributed by atoms with E-state index >= 15 is 0 Å². The molecule has 1 aromatic rings. The lowest BCUT2D eigenvalue weighted by molar-refractivity contribution is -0.130. The van der Waals surface area contributed by atoms with Crippen molar-refractivity contribution in [2.24, 2.45) is 0 Å². The van der Waals surface area contributed by atoms with Gasteiger partial charge in [0.2, 0.25) is 5.91 Å². The maximum absolute atomic E-state index is 12.4. The minimum Gasteiger partial charge on any atom is -0.383 e. The SMILES string of the molecule is COCCn1nc(C(=O)N2CCN(C(C)=O)CC2)ccc1=O. The van der Waals surface area contributed by atoms with Crippen LogP contribution in [0, 0.1) is 0 Å². The van der Waals surface area contributed by atoms with Crippen LogP contribution in [-0.2, 0) is 16.1 Å². The normalized spacial score (nSPS) is 15.0. The summed E-state index contributed by atoms with van der Waals surface area (Å²) in [7, 11) is 1.54. The van der Waals surface area contributed by atoms with Crippen LogP contribution in [0.1, 0.15) is 17.4 Å². The third-order valence-electron chi connectivity index (χ3n) is 3.61. The summed E-state index contributed by atoms with van der Waals surface area (Å²) in [6.45, 7) is 4.14. The van der Waals surface area contributed by atoms with E-state index in [0.717, 1.165) is 0 Å². The summed E-state index contributed by atoms with van der Waals surface area (Å²) in [4.78, 5) is 38.7. The third-order valence-corrected chi connectivity index (χ3v) is 3.61. The molecule has 1 aliphatic heterocycles. The lowest BCUT2D eigenvalue weighted by Crippen LogP contribution is -2.50. The summed E-state index contributed by atoms with van der Waals surface area (Å²) in [5.74, 6) is -0.215. The fraction of sp³-hybridized carbons (Fsp3) is 0.571. The average Bonchev–Trinajstić information content (AvgIpc) is 2.53. The molecule has 0 radical (unpaired) electrons. The molecule has 8 heteroatoms.